The van der Waals surface area contributed by atoms with Gasteiger partial charge in [-0.1, -0.05) is 0 Å². The summed E-state index contributed by atoms with van der Waals surface area (Å²) in [5.74, 6) is 0.328. The van der Waals surface area contributed by atoms with Gasteiger partial charge in [0.25, 0.3) is 0 Å². The second kappa shape index (κ2) is 11.8. The zero-order valence-electron chi connectivity index (χ0n) is 23.4. The minimum absolute atomic E-state index is 0.0803. The molecule has 2 aliphatic rings. The van der Waals surface area contributed by atoms with E-state index in [0.717, 1.165) is 30.7 Å². The molecule has 0 bridgehead atoms. The van der Waals surface area contributed by atoms with Crippen LogP contribution in [-0.4, -0.2) is 63.7 Å². The van der Waals surface area contributed by atoms with Crippen LogP contribution in [0.4, 0.5) is 38.5 Å². The van der Waals surface area contributed by atoms with E-state index in [-0.39, 0.29) is 40.5 Å². The van der Waals surface area contributed by atoms with Gasteiger partial charge >= 0.3 is 18.8 Å². The molecule has 2 amide bonds. The lowest BCUT2D eigenvalue weighted by Gasteiger charge is -2.36. The number of hydrogen-bond donors (Lipinski definition) is 2. The first-order chi connectivity index (χ1) is 21.0. The van der Waals surface area contributed by atoms with Crippen molar-refractivity contribution < 1.29 is 26.7 Å². The fourth-order valence-corrected chi connectivity index (χ4v) is 5.16. The Bertz CT molecular complexity index is 1610. The average Bonchev–Trinajstić information content (AvgIpc) is 3.46. The summed E-state index contributed by atoms with van der Waals surface area (Å²) in [4.78, 5) is 31.8. The van der Waals surface area contributed by atoms with E-state index in [1.165, 1.54) is 0 Å². The predicted molar refractivity (Wildman–Crippen MR) is 147 cm³/mol. The minimum atomic E-state index is -4.82. The maximum atomic E-state index is 13.7. The molecule has 6 rings (SSSR count). The van der Waals surface area contributed by atoms with Gasteiger partial charge < -0.3 is 10.6 Å². The second-order valence-corrected chi connectivity index (χ2v) is 10.8. The van der Waals surface area contributed by atoms with Crippen LogP contribution >= 0.6 is 0 Å². The van der Waals surface area contributed by atoms with Crippen LogP contribution in [0.15, 0.2) is 43.2 Å². The van der Waals surface area contributed by atoms with Gasteiger partial charge in [0.15, 0.2) is 5.82 Å². The lowest BCUT2D eigenvalue weighted by Crippen LogP contribution is -2.49. The number of rotatable bonds is 8. The standard InChI is InChI=1S/C27H28F5N11O/c1-41-14-15(10-36-41)21-12-34-22(13-33-21)43(26(44)38-17-2-3-17)18-6-4-16(5-7-18)37-25-35-11-19(27(30,31)32)23(39-25)20-8-9-42(40-20)24(28)29/h8-14,16-18,24H,2-7H2,1H3,(H,38,44)(H,35,37,39). The molecule has 0 saturated heterocycles. The topological polar surface area (TPSA) is 132 Å². The number of urea groups is 1. The van der Waals surface area contributed by atoms with Crippen molar-refractivity contribution in [2.45, 2.75) is 69.4 Å². The highest BCUT2D eigenvalue weighted by molar-refractivity contribution is 5.92. The minimum Gasteiger partial charge on any atom is -0.351 e. The summed E-state index contributed by atoms with van der Waals surface area (Å²) in [6.07, 6.45) is 7.41. The molecule has 44 heavy (non-hydrogen) atoms. The van der Waals surface area contributed by atoms with Crippen molar-refractivity contribution in [3.8, 4) is 22.6 Å². The molecule has 2 saturated carbocycles. The van der Waals surface area contributed by atoms with Gasteiger partial charge in [0.2, 0.25) is 5.95 Å². The molecule has 232 valence electrons. The first kappa shape index (κ1) is 29.4. The summed E-state index contributed by atoms with van der Waals surface area (Å²) in [6.45, 7) is -3.01. The SMILES string of the molecule is Cn1cc(-c2cnc(N(C(=O)NC3CC3)C3CCC(Nc4ncc(C(F)(F)F)c(-c5ccn(C(F)F)n5)n4)CC3)cn2)cn1. The number of hydrogen-bond acceptors (Lipinski definition) is 8. The van der Waals surface area contributed by atoms with Crippen molar-refractivity contribution in [3.05, 3.63) is 48.8 Å². The van der Waals surface area contributed by atoms with Crippen LogP contribution in [0.2, 0.25) is 0 Å². The Morgan fingerprint density at radius 2 is 1.73 bits per heavy atom. The zero-order valence-corrected chi connectivity index (χ0v) is 23.4. The molecule has 12 nitrogen and oxygen atoms in total. The number of aryl methyl sites for hydroxylation is 1. The Kier molecular flexibility index (Phi) is 7.85. The maximum absolute atomic E-state index is 13.7. The van der Waals surface area contributed by atoms with E-state index < -0.39 is 24.0 Å². The molecule has 2 aliphatic carbocycles. The number of alkyl halides is 5. The van der Waals surface area contributed by atoms with Gasteiger partial charge in [-0.05, 0) is 44.6 Å². The van der Waals surface area contributed by atoms with Gasteiger partial charge in [-0.25, -0.2) is 24.4 Å². The predicted octanol–water partition coefficient (Wildman–Crippen LogP) is 5.05. The molecular formula is C27H28F5N11O. The smallest absolute Gasteiger partial charge is 0.351 e. The Morgan fingerprint density at radius 3 is 2.32 bits per heavy atom. The van der Waals surface area contributed by atoms with Crippen LogP contribution in [0.25, 0.3) is 22.6 Å². The molecule has 2 N–H and O–H groups in total. The molecule has 0 atom stereocenters. The van der Waals surface area contributed by atoms with Crippen LogP contribution in [0.5, 0.6) is 0 Å². The average molecular weight is 618 g/mol. The monoisotopic (exact) mass is 617 g/mol. The molecule has 2 fully saturated rings. The van der Waals surface area contributed by atoms with Gasteiger partial charge in [-0.2, -0.15) is 32.1 Å². The van der Waals surface area contributed by atoms with Gasteiger partial charge in [0.05, 0.1) is 24.3 Å². The van der Waals surface area contributed by atoms with Crippen LogP contribution in [0.3, 0.4) is 0 Å². The van der Waals surface area contributed by atoms with Crippen LogP contribution in [-0.2, 0) is 13.2 Å². The Hall–Kier alpha value is -4.70. The van der Waals surface area contributed by atoms with Crippen LogP contribution in [0, 0.1) is 0 Å². The van der Waals surface area contributed by atoms with E-state index in [1.54, 1.807) is 35.2 Å². The highest BCUT2D eigenvalue weighted by Crippen LogP contribution is 2.36. The van der Waals surface area contributed by atoms with Crippen LogP contribution < -0.4 is 15.5 Å². The van der Waals surface area contributed by atoms with E-state index in [9.17, 15) is 26.7 Å². The van der Waals surface area contributed by atoms with E-state index in [0.29, 0.717) is 43.4 Å². The van der Waals surface area contributed by atoms with E-state index in [2.05, 4.69) is 40.8 Å². The van der Waals surface area contributed by atoms with Gasteiger partial charge in [0.1, 0.15) is 17.0 Å². The van der Waals surface area contributed by atoms with Crippen molar-refractivity contribution >= 4 is 17.8 Å². The molecular weight excluding hydrogens is 589 g/mol. The summed E-state index contributed by atoms with van der Waals surface area (Å²) in [7, 11) is 1.80. The third kappa shape index (κ3) is 6.45. The third-order valence-corrected chi connectivity index (χ3v) is 7.55. The van der Waals surface area contributed by atoms with Crippen molar-refractivity contribution in [1.82, 2.24) is 44.8 Å². The molecule has 17 heteroatoms. The van der Waals surface area contributed by atoms with E-state index in [4.69, 9.17) is 0 Å². The maximum Gasteiger partial charge on any atom is 0.420 e. The third-order valence-electron chi connectivity index (χ3n) is 7.55. The number of carbonyl (C=O) groups is 1. The Morgan fingerprint density at radius 1 is 0.977 bits per heavy atom. The molecule has 0 radical (unpaired) electrons. The fourth-order valence-electron chi connectivity index (χ4n) is 5.16. The quantitative estimate of drug-likeness (QED) is 0.263. The summed E-state index contributed by atoms with van der Waals surface area (Å²) in [6, 6.07) is 0.510. The molecule has 4 aromatic rings. The summed E-state index contributed by atoms with van der Waals surface area (Å²) in [5.41, 5.74) is -0.712. The number of amides is 2. The first-order valence-corrected chi connectivity index (χ1v) is 14.0. The molecule has 4 aromatic heterocycles. The fraction of sp³-hybridized carbons (Fsp3) is 0.444. The van der Waals surface area contributed by atoms with Gasteiger partial charge in [0, 0.05) is 49.3 Å². The first-order valence-electron chi connectivity index (χ1n) is 14.0. The van der Waals surface area contributed by atoms with Gasteiger partial charge in [-0.15, -0.1) is 0 Å². The number of nitrogens with one attached hydrogen (secondary N) is 2. The Balaban J connectivity index is 1.17. The number of carbonyl (C=O) groups excluding carboxylic acids is 1. The largest absolute Gasteiger partial charge is 0.420 e. The Labute approximate surface area is 247 Å². The number of anilines is 2. The lowest BCUT2D eigenvalue weighted by atomic mass is 9.90. The van der Waals surface area contributed by atoms with Crippen molar-refractivity contribution in [2.24, 2.45) is 7.05 Å². The van der Waals surface area contributed by atoms with Crippen LogP contribution in [0.1, 0.15) is 50.6 Å². The second-order valence-electron chi connectivity index (χ2n) is 10.8. The highest BCUT2D eigenvalue weighted by atomic mass is 19.4. The van der Waals surface area contributed by atoms with E-state index >= 15 is 0 Å². The summed E-state index contributed by atoms with van der Waals surface area (Å²) in [5, 5.41) is 13.8. The molecule has 0 spiro atoms. The van der Waals surface area contributed by atoms with E-state index in [1.807, 2.05) is 6.20 Å². The molecule has 0 unspecified atom stereocenters. The van der Waals surface area contributed by atoms with Crippen molar-refractivity contribution in [1.29, 1.82) is 0 Å². The van der Waals surface area contributed by atoms with Crippen molar-refractivity contribution in [3.63, 3.8) is 0 Å². The molecule has 4 heterocycles. The van der Waals surface area contributed by atoms with Gasteiger partial charge in [-0.3, -0.25) is 14.6 Å². The number of aromatic nitrogens is 8. The highest BCUT2D eigenvalue weighted by Gasteiger charge is 2.37. The van der Waals surface area contributed by atoms with Crippen molar-refractivity contribution in [2.75, 3.05) is 10.2 Å². The number of halogens is 5. The molecule has 0 aromatic carbocycles. The summed E-state index contributed by atoms with van der Waals surface area (Å²) < 4.78 is 69.0. The normalized spacial score (nSPS) is 18.8. The number of nitrogens with zero attached hydrogens (tertiary/aromatic N) is 9. The zero-order chi connectivity index (χ0) is 31.0. The molecule has 0 aliphatic heterocycles. The lowest BCUT2D eigenvalue weighted by molar-refractivity contribution is -0.137. The summed E-state index contributed by atoms with van der Waals surface area (Å²) >= 11 is 0.